The first-order valence-corrected chi connectivity index (χ1v) is 7.61. The first-order valence-electron chi connectivity index (χ1n) is 7.61. The van der Waals surface area contributed by atoms with Crippen LogP contribution in [0.5, 0.6) is 0 Å². The number of hydrogen-bond donors (Lipinski definition) is 4. The number of methoxy groups -OCH3 is 1. The molecule has 10 heteroatoms. The van der Waals surface area contributed by atoms with Crippen LogP contribution in [0.25, 0.3) is 0 Å². The summed E-state index contributed by atoms with van der Waals surface area (Å²) in [6.45, 7) is 0.245. The highest BCUT2D eigenvalue weighted by atomic mass is 16.5. The van der Waals surface area contributed by atoms with Crippen molar-refractivity contribution >= 4 is 23.5 Å². The van der Waals surface area contributed by atoms with Gasteiger partial charge in [-0.05, 0) is 6.07 Å². The van der Waals surface area contributed by atoms with E-state index in [1.54, 1.807) is 36.0 Å². The molecule has 25 heavy (non-hydrogen) atoms. The van der Waals surface area contributed by atoms with Crippen LogP contribution in [0.15, 0.2) is 24.3 Å². The molecule has 136 valence electrons. The summed E-state index contributed by atoms with van der Waals surface area (Å²) in [5.74, 6) is -0.652. The normalized spacial score (nSPS) is 16.1. The van der Waals surface area contributed by atoms with Crippen LogP contribution in [0.2, 0.25) is 0 Å². The summed E-state index contributed by atoms with van der Waals surface area (Å²) >= 11 is 0. The number of carbonyl (C=O) groups excluding carboxylic acids is 3. The minimum absolute atomic E-state index is 0.194. The lowest BCUT2D eigenvalue weighted by atomic mass is 10.3. The number of aromatic nitrogens is 1. The number of anilines is 1. The van der Waals surface area contributed by atoms with Crippen molar-refractivity contribution in [1.82, 2.24) is 20.1 Å². The molecule has 0 bridgehead atoms. The molecule has 5 N–H and O–H groups in total. The van der Waals surface area contributed by atoms with E-state index >= 15 is 0 Å². The summed E-state index contributed by atoms with van der Waals surface area (Å²) in [6.07, 6.45) is 2.72. The SMILES string of the molecule is COC(=O)c1cc(NC(=O)C2NC(NC(=O)CCN)=CN2C)cn1C. The van der Waals surface area contributed by atoms with Gasteiger partial charge in [-0.1, -0.05) is 0 Å². The number of hydrogen-bond acceptors (Lipinski definition) is 7. The average Bonchev–Trinajstić information content (AvgIpc) is 3.09. The van der Waals surface area contributed by atoms with E-state index in [0.717, 1.165) is 0 Å². The van der Waals surface area contributed by atoms with E-state index in [2.05, 4.69) is 20.7 Å². The molecule has 2 heterocycles. The lowest BCUT2D eigenvalue weighted by Gasteiger charge is -2.20. The molecular formula is C15H22N6O4. The van der Waals surface area contributed by atoms with Gasteiger partial charge in [0, 0.05) is 39.5 Å². The summed E-state index contributed by atoms with van der Waals surface area (Å²) in [7, 11) is 4.66. The van der Waals surface area contributed by atoms with Crippen molar-refractivity contribution in [3.8, 4) is 0 Å². The first kappa shape index (κ1) is 18.3. The second-order valence-corrected chi connectivity index (χ2v) is 5.55. The Morgan fingerprint density at radius 2 is 2.04 bits per heavy atom. The smallest absolute Gasteiger partial charge is 0.354 e. The van der Waals surface area contributed by atoms with Gasteiger partial charge >= 0.3 is 5.97 Å². The quantitative estimate of drug-likeness (QED) is 0.478. The van der Waals surface area contributed by atoms with Crippen molar-refractivity contribution in [2.75, 3.05) is 26.0 Å². The summed E-state index contributed by atoms with van der Waals surface area (Å²) in [4.78, 5) is 37.2. The number of nitrogens with one attached hydrogen (secondary N) is 3. The molecule has 1 aromatic heterocycles. The Labute approximate surface area is 145 Å². The Hall–Kier alpha value is -3.01. The number of likely N-dealkylation sites (N-methyl/N-ethyl adjacent to an activating group) is 1. The molecule has 1 aromatic rings. The Balaban J connectivity index is 1.98. The van der Waals surface area contributed by atoms with Crippen molar-refractivity contribution < 1.29 is 19.1 Å². The van der Waals surface area contributed by atoms with Crippen LogP contribution < -0.4 is 21.7 Å². The van der Waals surface area contributed by atoms with Crippen molar-refractivity contribution in [3.63, 3.8) is 0 Å². The molecule has 1 atom stereocenters. The summed E-state index contributed by atoms with van der Waals surface area (Å²) in [6, 6.07) is 1.52. The molecule has 0 spiro atoms. The Kier molecular flexibility index (Phi) is 5.65. The van der Waals surface area contributed by atoms with Crippen molar-refractivity contribution in [1.29, 1.82) is 0 Å². The first-order chi connectivity index (χ1) is 11.8. The van der Waals surface area contributed by atoms with E-state index in [1.807, 2.05) is 0 Å². The molecule has 1 unspecified atom stereocenters. The molecule has 0 fully saturated rings. The number of ether oxygens (including phenoxy) is 1. The maximum absolute atomic E-state index is 12.4. The highest BCUT2D eigenvalue weighted by molar-refractivity contribution is 5.97. The third kappa shape index (κ3) is 4.29. The van der Waals surface area contributed by atoms with Gasteiger partial charge in [-0.25, -0.2) is 4.79 Å². The van der Waals surface area contributed by atoms with E-state index in [-0.39, 0.29) is 24.8 Å². The monoisotopic (exact) mass is 350 g/mol. The van der Waals surface area contributed by atoms with Crippen molar-refractivity contribution in [2.45, 2.75) is 12.6 Å². The van der Waals surface area contributed by atoms with Gasteiger partial charge in [0.25, 0.3) is 5.91 Å². The number of aryl methyl sites for hydroxylation is 1. The lowest BCUT2D eigenvalue weighted by Crippen LogP contribution is -2.46. The number of rotatable bonds is 6. The largest absolute Gasteiger partial charge is 0.464 e. The maximum atomic E-state index is 12.4. The van der Waals surface area contributed by atoms with Crippen LogP contribution in [-0.2, 0) is 21.4 Å². The van der Waals surface area contributed by atoms with Gasteiger partial charge in [0.1, 0.15) is 11.5 Å². The van der Waals surface area contributed by atoms with E-state index in [0.29, 0.717) is 17.2 Å². The molecule has 0 aromatic carbocycles. The summed E-state index contributed by atoms with van der Waals surface area (Å²) in [5.41, 5.74) is 6.11. The summed E-state index contributed by atoms with van der Waals surface area (Å²) in [5, 5.41) is 8.26. The molecule has 1 aliphatic heterocycles. The Morgan fingerprint density at radius 3 is 2.68 bits per heavy atom. The zero-order valence-corrected chi connectivity index (χ0v) is 14.3. The lowest BCUT2D eigenvalue weighted by molar-refractivity contribution is -0.121. The van der Waals surface area contributed by atoms with E-state index in [1.165, 1.54) is 13.2 Å². The van der Waals surface area contributed by atoms with Gasteiger partial charge in [0.15, 0.2) is 6.17 Å². The second-order valence-electron chi connectivity index (χ2n) is 5.55. The van der Waals surface area contributed by atoms with Crippen LogP contribution in [0.1, 0.15) is 16.9 Å². The third-order valence-corrected chi connectivity index (χ3v) is 3.59. The van der Waals surface area contributed by atoms with Gasteiger partial charge in [0.2, 0.25) is 5.91 Å². The second kappa shape index (κ2) is 7.71. The van der Waals surface area contributed by atoms with Gasteiger partial charge in [-0.3, -0.25) is 9.59 Å². The third-order valence-electron chi connectivity index (χ3n) is 3.59. The molecule has 0 aliphatic carbocycles. The van der Waals surface area contributed by atoms with Crippen LogP contribution in [0, 0.1) is 0 Å². The summed E-state index contributed by atoms with van der Waals surface area (Å²) < 4.78 is 6.23. The van der Waals surface area contributed by atoms with Gasteiger partial charge in [0.05, 0.1) is 12.8 Å². The molecular weight excluding hydrogens is 328 g/mol. The number of nitrogens with two attached hydrogens (primary N) is 1. The van der Waals surface area contributed by atoms with Crippen LogP contribution in [0.4, 0.5) is 5.69 Å². The number of nitrogens with zero attached hydrogens (tertiary/aromatic N) is 2. The van der Waals surface area contributed by atoms with Crippen molar-refractivity contribution in [2.24, 2.45) is 12.8 Å². The van der Waals surface area contributed by atoms with Crippen molar-refractivity contribution in [3.05, 3.63) is 30.0 Å². The van der Waals surface area contributed by atoms with E-state index < -0.39 is 12.1 Å². The predicted molar refractivity (Wildman–Crippen MR) is 90.0 cm³/mol. The van der Waals surface area contributed by atoms with Crippen LogP contribution >= 0.6 is 0 Å². The molecule has 1 aliphatic rings. The van der Waals surface area contributed by atoms with Gasteiger partial charge in [-0.15, -0.1) is 0 Å². The van der Waals surface area contributed by atoms with Gasteiger partial charge < -0.3 is 35.9 Å². The van der Waals surface area contributed by atoms with E-state index in [4.69, 9.17) is 5.73 Å². The molecule has 0 saturated carbocycles. The highest BCUT2D eigenvalue weighted by Gasteiger charge is 2.28. The zero-order chi connectivity index (χ0) is 18.6. The highest BCUT2D eigenvalue weighted by Crippen LogP contribution is 2.15. The fourth-order valence-electron chi connectivity index (χ4n) is 2.38. The predicted octanol–water partition coefficient (Wildman–Crippen LogP) is -1.12. The molecule has 10 nitrogen and oxygen atoms in total. The standard InChI is InChI=1S/C15H22N6O4/c1-20-7-9(6-10(20)15(24)25-3)17-14(23)13-19-11(8-21(13)2)18-12(22)4-5-16/h6-8,13,19H,4-5,16H2,1-3H3,(H,17,23)(H,18,22). The minimum Gasteiger partial charge on any atom is -0.464 e. The number of carbonyl (C=O) groups is 3. The fraction of sp³-hybridized carbons (Fsp3) is 0.400. The van der Waals surface area contributed by atoms with Gasteiger partial charge in [-0.2, -0.15) is 0 Å². The van der Waals surface area contributed by atoms with E-state index in [9.17, 15) is 14.4 Å². The fourth-order valence-corrected chi connectivity index (χ4v) is 2.38. The number of amides is 2. The zero-order valence-electron chi connectivity index (χ0n) is 14.3. The number of esters is 1. The Morgan fingerprint density at radius 1 is 1.32 bits per heavy atom. The minimum atomic E-state index is -0.699. The topological polar surface area (TPSA) is 131 Å². The molecule has 0 radical (unpaired) electrons. The average molecular weight is 350 g/mol. The maximum Gasteiger partial charge on any atom is 0.354 e. The molecule has 2 rings (SSSR count). The Bertz CT molecular complexity index is 711. The van der Waals surface area contributed by atoms with Crippen LogP contribution in [-0.4, -0.2) is 54.1 Å². The van der Waals surface area contributed by atoms with Crippen LogP contribution in [0.3, 0.4) is 0 Å². The molecule has 0 saturated heterocycles. The molecule has 2 amide bonds.